The van der Waals surface area contributed by atoms with Gasteiger partial charge in [0.05, 0.1) is 16.6 Å². The highest BCUT2D eigenvalue weighted by Gasteiger charge is 2.66. The number of rotatable bonds is 4. The van der Waals surface area contributed by atoms with Gasteiger partial charge in [-0.15, -0.1) is 0 Å². The second kappa shape index (κ2) is 5.05. The van der Waals surface area contributed by atoms with E-state index in [4.69, 9.17) is 5.26 Å². The van der Waals surface area contributed by atoms with Crippen LogP contribution in [0, 0.1) is 11.5 Å². The van der Waals surface area contributed by atoms with Gasteiger partial charge < -0.3 is 16.0 Å². The maximum absolute atomic E-state index is 12.5. The van der Waals surface area contributed by atoms with Crippen molar-refractivity contribution in [2.24, 2.45) is 0 Å². The Morgan fingerprint density at radius 1 is 1.09 bits per heavy atom. The van der Waals surface area contributed by atoms with E-state index in [1.165, 1.54) is 12.1 Å². The maximum Gasteiger partial charge on any atom is 0.416 e. The summed E-state index contributed by atoms with van der Waals surface area (Å²) in [6, 6.07) is 3.78. The van der Waals surface area contributed by atoms with Gasteiger partial charge in [0.15, 0.2) is 6.19 Å². The summed E-state index contributed by atoms with van der Waals surface area (Å²) >= 11 is 0. The van der Waals surface area contributed by atoms with E-state index in [2.05, 4.69) is 16.0 Å². The number of benzene rings is 1. The SMILES string of the molecule is N#CNC1(C2(NC(=O)Nc3ccc(C(F)(F)F)cc3)CC2)CC1. The number of nitrogens with zero attached hydrogens (tertiary/aromatic N) is 1. The van der Waals surface area contributed by atoms with Gasteiger partial charge in [-0.2, -0.15) is 18.4 Å². The highest BCUT2D eigenvalue weighted by atomic mass is 19.4. The molecule has 2 aliphatic carbocycles. The number of nitrogens with one attached hydrogen (secondary N) is 3. The molecule has 0 bridgehead atoms. The fourth-order valence-electron chi connectivity index (χ4n) is 2.93. The monoisotopic (exact) mass is 324 g/mol. The molecule has 0 radical (unpaired) electrons. The second-order valence-corrected chi connectivity index (χ2v) is 6.06. The Balaban J connectivity index is 1.61. The van der Waals surface area contributed by atoms with Crippen molar-refractivity contribution >= 4 is 11.7 Å². The van der Waals surface area contributed by atoms with Gasteiger partial charge in [-0.25, -0.2) is 4.79 Å². The van der Waals surface area contributed by atoms with Gasteiger partial charge in [-0.05, 0) is 49.9 Å². The van der Waals surface area contributed by atoms with Crippen LogP contribution < -0.4 is 16.0 Å². The fraction of sp³-hybridized carbons (Fsp3) is 0.467. The van der Waals surface area contributed by atoms with Crippen molar-refractivity contribution in [1.82, 2.24) is 10.6 Å². The van der Waals surface area contributed by atoms with Crippen LogP contribution in [0.3, 0.4) is 0 Å². The van der Waals surface area contributed by atoms with Crippen molar-refractivity contribution in [2.75, 3.05) is 5.32 Å². The van der Waals surface area contributed by atoms with Crippen LogP contribution in [0.2, 0.25) is 0 Å². The number of nitriles is 1. The zero-order valence-corrected chi connectivity index (χ0v) is 12.1. The molecule has 0 heterocycles. The summed E-state index contributed by atoms with van der Waals surface area (Å²) < 4.78 is 37.5. The largest absolute Gasteiger partial charge is 0.416 e. The molecule has 0 aromatic heterocycles. The van der Waals surface area contributed by atoms with Gasteiger partial charge in [-0.3, -0.25) is 0 Å². The van der Waals surface area contributed by atoms with Gasteiger partial charge in [0, 0.05) is 5.69 Å². The van der Waals surface area contributed by atoms with E-state index in [0.717, 1.165) is 37.8 Å². The molecule has 2 saturated carbocycles. The lowest BCUT2D eigenvalue weighted by atomic mass is 10.0. The molecule has 1 aromatic carbocycles. The number of hydrogen-bond acceptors (Lipinski definition) is 3. The lowest BCUT2D eigenvalue weighted by Gasteiger charge is -2.26. The predicted octanol–water partition coefficient (Wildman–Crippen LogP) is 2.96. The minimum Gasteiger partial charge on any atom is -0.330 e. The third-order valence-corrected chi connectivity index (χ3v) is 4.53. The molecule has 3 rings (SSSR count). The molecule has 5 nitrogen and oxygen atoms in total. The van der Waals surface area contributed by atoms with Crippen molar-refractivity contribution < 1.29 is 18.0 Å². The Morgan fingerprint density at radius 3 is 2.09 bits per heavy atom. The standard InChI is InChI=1S/C15H15F3N4O/c16-15(17,18)10-1-3-11(4-2-10)21-12(23)22-14(7-8-14)13(5-6-13)20-9-19/h1-4,20H,5-8H2,(H2,21,22,23). The van der Waals surface area contributed by atoms with Crippen molar-refractivity contribution in [3.63, 3.8) is 0 Å². The normalized spacial score (nSPS) is 20.1. The van der Waals surface area contributed by atoms with E-state index in [1.807, 2.05) is 6.19 Å². The van der Waals surface area contributed by atoms with E-state index in [-0.39, 0.29) is 11.2 Å². The summed E-state index contributed by atoms with van der Waals surface area (Å²) in [6.07, 6.45) is 0.730. The first-order valence-corrected chi connectivity index (χ1v) is 7.23. The first-order valence-electron chi connectivity index (χ1n) is 7.23. The summed E-state index contributed by atoms with van der Waals surface area (Å²) in [5, 5.41) is 17.0. The van der Waals surface area contributed by atoms with Crippen molar-refractivity contribution in [3.8, 4) is 6.19 Å². The lowest BCUT2D eigenvalue weighted by molar-refractivity contribution is -0.137. The molecule has 0 spiro atoms. The molecule has 1 aromatic rings. The first-order chi connectivity index (χ1) is 10.8. The van der Waals surface area contributed by atoms with E-state index >= 15 is 0 Å². The zero-order valence-electron chi connectivity index (χ0n) is 12.1. The van der Waals surface area contributed by atoms with Crippen LogP contribution in [0.4, 0.5) is 23.7 Å². The second-order valence-electron chi connectivity index (χ2n) is 6.06. The molecule has 2 aliphatic rings. The van der Waals surface area contributed by atoms with Crippen LogP contribution in [0.1, 0.15) is 31.2 Å². The molecular weight excluding hydrogens is 309 g/mol. The number of alkyl halides is 3. The van der Waals surface area contributed by atoms with Gasteiger partial charge in [-0.1, -0.05) is 0 Å². The number of carbonyl (C=O) groups excluding carboxylic acids is 1. The molecule has 8 heteroatoms. The molecule has 2 amide bonds. The van der Waals surface area contributed by atoms with Crippen LogP contribution in [-0.4, -0.2) is 17.1 Å². The van der Waals surface area contributed by atoms with Crippen molar-refractivity contribution in [3.05, 3.63) is 29.8 Å². The van der Waals surface area contributed by atoms with Crippen molar-refractivity contribution in [2.45, 2.75) is 42.9 Å². The number of carbonyl (C=O) groups is 1. The summed E-state index contributed by atoms with van der Waals surface area (Å²) in [5.41, 5.74) is -1.28. The van der Waals surface area contributed by atoms with E-state index in [9.17, 15) is 18.0 Å². The summed E-state index contributed by atoms with van der Waals surface area (Å²) in [4.78, 5) is 12.1. The smallest absolute Gasteiger partial charge is 0.330 e. The predicted molar refractivity (Wildman–Crippen MR) is 76.3 cm³/mol. The molecule has 0 unspecified atom stereocenters. The average molecular weight is 324 g/mol. The Morgan fingerprint density at radius 2 is 1.65 bits per heavy atom. The van der Waals surface area contributed by atoms with Crippen LogP contribution in [0.25, 0.3) is 0 Å². The summed E-state index contributed by atoms with van der Waals surface area (Å²) in [7, 11) is 0. The van der Waals surface area contributed by atoms with Crippen molar-refractivity contribution in [1.29, 1.82) is 5.26 Å². The van der Waals surface area contributed by atoms with Crippen LogP contribution in [-0.2, 0) is 6.18 Å². The molecule has 0 aliphatic heterocycles. The third kappa shape index (κ3) is 2.91. The molecule has 3 N–H and O–H groups in total. The molecule has 23 heavy (non-hydrogen) atoms. The van der Waals surface area contributed by atoms with Gasteiger partial charge >= 0.3 is 12.2 Å². The van der Waals surface area contributed by atoms with Crippen LogP contribution >= 0.6 is 0 Å². The minimum atomic E-state index is -4.40. The average Bonchev–Trinajstić information content (AvgIpc) is 3.36. The Hall–Kier alpha value is -2.43. The van der Waals surface area contributed by atoms with E-state index in [1.54, 1.807) is 0 Å². The lowest BCUT2D eigenvalue weighted by Crippen LogP contribution is -2.54. The van der Waals surface area contributed by atoms with Crippen LogP contribution in [0.15, 0.2) is 24.3 Å². The Labute approximate surface area is 130 Å². The number of hydrogen-bond donors (Lipinski definition) is 3. The third-order valence-electron chi connectivity index (χ3n) is 4.53. The van der Waals surface area contributed by atoms with Gasteiger partial charge in [0.2, 0.25) is 0 Å². The first kappa shape index (κ1) is 15.5. The molecular formula is C15H15F3N4O. The topological polar surface area (TPSA) is 77.0 Å². The number of halogens is 3. The van der Waals surface area contributed by atoms with Crippen LogP contribution in [0.5, 0.6) is 0 Å². The quantitative estimate of drug-likeness (QED) is 0.589. The highest BCUT2D eigenvalue weighted by molar-refractivity contribution is 5.90. The molecule has 0 saturated heterocycles. The minimum absolute atomic E-state index is 0.282. The molecule has 2 fully saturated rings. The fourth-order valence-corrected chi connectivity index (χ4v) is 2.93. The summed E-state index contributed by atoms with van der Waals surface area (Å²) in [5.74, 6) is 0. The zero-order chi connectivity index (χ0) is 16.7. The number of amides is 2. The van der Waals surface area contributed by atoms with E-state index in [0.29, 0.717) is 0 Å². The number of anilines is 1. The number of urea groups is 1. The van der Waals surface area contributed by atoms with E-state index < -0.39 is 23.3 Å². The molecule has 122 valence electrons. The van der Waals surface area contributed by atoms with Gasteiger partial charge in [0.1, 0.15) is 0 Å². The summed E-state index contributed by atoms with van der Waals surface area (Å²) in [6.45, 7) is 0. The Kier molecular flexibility index (Phi) is 3.39. The van der Waals surface area contributed by atoms with Gasteiger partial charge in [0.25, 0.3) is 0 Å². The highest BCUT2D eigenvalue weighted by Crippen LogP contribution is 2.57. The maximum atomic E-state index is 12.5. The Bertz CT molecular complexity index is 655. The molecule has 0 atom stereocenters.